The maximum atomic E-state index is 12.1. The average molecular weight is 299 g/mol. The lowest BCUT2D eigenvalue weighted by atomic mass is 9.47. The third-order valence-corrected chi connectivity index (χ3v) is 8.35. The van der Waals surface area contributed by atoms with Crippen molar-refractivity contribution in [2.24, 2.45) is 34.5 Å². The Balaban J connectivity index is 1.68. The molecule has 22 heavy (non-hydrogen) atoms. The Morgan fingerprint density at radius 3 is 2.73 bits per heavy atom. The molecule has 0 aliphatic heterocycles. The van der Waals surface area contributed by atoms with Crippen molar-refractivity contribution in [2.75, 3.05) is 0 Å². The van der Waals surface area contributed by atoms with Crippen molar-refractivity contribution in [3.63, 3.8) is 0 Å². The molecule has 3 fully saturated rings. The molecule has 0 saturated heterocycles. The molecular weight excluding hydrogens is 268 g/mol. The summed E-state index contributed by atoms with van der Waals surface area (Å²) in [4.78, 5) is 12.1. The summed E-state index contributed by atoms with van der Waals surface area (Å²) in [5.41, 5.74) is 2.51. The standard InChI is InChI=1S/C21H31O/c1-14(22)17-9-10-18-16-8-7-15-6-4-5-12-20(15,2)19(16)11-13-21(17,18)3/h4,7,16-19H,5-6,8-13H2,1-3H3/t16-,17+,18-,19-,20-,21+/m0/s1. The second kappa shape index (κ2) is 4.95. The molecule has 0 aromatic carbocycles. The van der Waals surface area contributed by atoms with Gasteiger partial charge in [0.2, 0.25) is 0 Å². The second-order valence-electron chi connectivity index (χ2n) is 9.08. The number of carbonyl (C=O) groups excluding carboxylic acids is 1. The van der Waals surface area contributed by atoms with Crippen LogP contribution in [0, 0.1) is 40.9 Å². The lowest BCUT2D eigenvalue weighted by Gasteiger charge is -2.57. The first-order valence-corrected chi connectivity index (χ1v) is 9.48. The van der Waals surface area contributed by atoms with E-state index in [1.807, 2.05) is 6.92 Å². The lowest BCUT2D eigenvalue weighted by molar-refractivity contribution is -0.127. The molecule has 0 aromatic rings. The van der Waals surface area contributed by atoms with Gasteiger partial charge in [0, 0.05) is 5.92 Å². The van der Waals surface area contributed by atoms with Crippen LogP contribution < -0.4 is 0 Å². The molecule has 0 aromatic heterocycles. The number of allylic oxidation sites excluding steroid dienone is 2. The highest BCUT2D eigenvalue weighted by Gasteiger charge is 2.58. The number of fused-ring (bicyclic) bond motifs is 5. The number of carbonyl (C=O) groups is 1. The maximum Gasteiger partial charge on any atom is 0.133 e. The fourth-order valence-corrected chi connectivity index (χ4v) is 7.15. The van der Waals surface area contributed by atoms with Crippen molar-refractivity contribution in [3.05, 3.63) is 18.1 Å². The lowest BCUT2D eigenvalue weighted by Crippen LogP contribution is -2.50. The minimum atomic E-state index is 0.301. The molecular formula is C21H31O. The Morgan fingerprint density at radius 2 is 1.95 bits per heavy atom. The molecule has 1 nitrogen and oxygen atoms in total. The van der Waals surface area contributed by atoms with Crippen LogP contribution in [0.15, 0.2) is 11.6 Å². The molecule has 0 bridgehead atoms. The number of hydrogen-bond donors (Lipinski definition) is 0. The molecule has 3 saturated carbocycles. The van der Waals surface area contributed by atoms with Gasteiger partial charge in [0.1, 0.15) is 5.78 Å². The molecule has 0 N–H and O–H groups in total. The van der Waals surface area contributed by atoms with Crippen LogP contribution in [0.3, 0.4) is 0 Å². The van der Waals surface area contributed by atoms with E-state index in [-0.39, 0.29) is 0 Å². The first kappa shape index (κ1) is 15.0. The molecule has 0 amide bonds. The normalized spacial score (nSPS) is 50.6. The first-order valence-electron chi connectivity index (χ1n) is 9.48. The second-order valence-corrected chi connectivity index (χ2v) is 9.08. The molecule has 0 heterocycles. The summed E-state index contributed by atoms with van der Waals surface area (Å²) in [7, 11) is 0. The Labute approximate surface area is 135 Å². The van der Waals surface area contributed by atoms with E-state index < -0.39 is 0 Å². The van der Waals surface area contributed by atoms with Crippen LogP contribution in [0.2, 0.25) is 0 Å². The van der Waals surface area contributed by atoms with Crippen LogP contribution in [0.1, 0.15) is 72.1 Å². The summed E-state index contributed by atoms with van der Waals surface area (Å²) in [6.45, 7) is 6.84. The maximum absolute atomic E-state index is 12.1. The third kappa shape index (κ3) is 1.86. The topological polar surface area (TPSA) is 17.1 Å². The van der Waals surface area contributed by atoms with Crippen molar-refractivity contribution in [3.8, 4) is 0 Å². The Bertz CT molecular complexity index is 518. The summed E-state index contributed by atoms with van der Waals surface area (Å²) in [6, 6.07) is 0. The number of rotatable bonds is 1. The zero-order chi connectivity index (χ0) is 15.5. The number of ketones is 1. The van der Waals surface area contributed by atoms with Gasteiger partial charge in [-0.1, -0.05) is 25.5 Å². The predicted molar refractivity (Wildman–Crippen MR) is 90.2 cm³/mol. The van der Waals surface area contributed by atoms with E-state index in [4.69, 9.17) is 0 Å². The van der Waals surface area contributed by atoms with Crippen molar-refractivity contribution >= 4 is 5.78 Å². The number of hydrogen-bond acceptors (Lipinski definition) is 1. The summed E-state index contributed by atoms with van der Waals surface area (Å²) in [5.74, 6) is 3.31. The molecule has 6 atom stereocenters. The first-order chi connectivity index (χ1) is 10.5. The summed E-state index contributed by atoms with van der Waals surface area (Å²) in [5, 5.41) is 0. The molecule has 121 valence electrons. The van der Waals surface area contributed by atoms with Gasteiger partial charge in [0.15, 0.2) is 0 Å². The quantitative estimate of drug-likeness (QED) is 0.596. The van der Waals surface area contributed by atoms with Gasteiger partial charge in [-0.05, 0) is 93.3 Å². The summed E-state index contributed by atoms with van der Waals surface area (Å²) < 4.78 is 0. The van der Waals surface area contributed by atoms with Gasteiger partial charge < -0.3 is 0 Å². The molecule has 0 spiro atoms. The van der Waals surface area contributed by atoms with Crippen LogP contribution in [-0.2, 0) is 4.79 Å². The Kier molecular flexibility index (Phi) is 3.37. The van der Waals surface area contributed by atoms with Gasteiger partial charge >= 0.3 is 0 Å². The summed E-state index contributed by atoms with van der Waals surface area (Å²) >= 11 is 0. The molecule has 4 aliphatic rings. The zero-order valence-corrected chi connectivity index (χ0v) is 14.5. The summed E-state index contributed by atoms with van der Waals surface area (Å²) in [6.07, 6.45) is 15.4. The highest BCUT2D eigenvalue weighted by atomic mass is 16.1. The van der Waals surface area contributed by atoms with E-state index >= 15 is 0 Å². The van der Waals surface area contributed by atoms with E-state index in [0.717, 1.165) is 24.2 Å². The largest absolute Gasteiger partial charge is 0.300 e. The highest BCUT2D eigenvalue weighted by molar-refractivity contribution is 5.79. The van der Waals surface area contributed by atoms with Crippen molar-refractivity contribution in [1.29, 1.82) is 0 Å². The molecule has 4 rings (SSSR count). The van der Waals surface area contributed by atoms with Gasteiger partial charge in [-0.15, -0.1) is 0 Å². The van der Waals surface area contributed by atoms with Crippen LogP contribution in [0.25, 0.3) is 0 Å². The fourth-order valence-electron chi connectivity index (χ4n) is 7.15. The van der Waals surface area contributed by atoms with E-state index in [0.29, 0.717) is 22.5 Å². The third-order valence-electron chi connectivity index (χ3n) is 8.35. The van der Waals surface area contributed by atoms with Gasteiger partial charge in [-0.3, -0.25) is 4.79 Å². The van der Waals surface area contributed by atoms with Crippen LogP contribution in [-0.4, -0.2) is 5.78 Å². The van der Waals surface area contributed by atoms with Gasteiger partial charge in [0.25, 0.3) is 0 Å². The Hall–Kier alpha value is -0.590. The Morgan fingerprint density at radius 1 is 1.14 bits per heavy atom. The number of Topliss-reactive ketones (excluding diaryl/α,β-unsaturated/α-hetero) is 1. The SMILES string of the molecule is CC(=O)[C@H]1CC[C@H]2[C@@H]3CC=C4C[CH]CC[C@]4(C)[C@H]3CC[C@]12C. The predicted octanol–water partition coefficient (Wildman–Crippen LogP) is 5.36. The fraction of sp³-hybridized carbons (Fsp3) is 0.810. The zero-order valence-electron chi connectivity index (χ0n) is 14.5. The van der Waals surface area contributed by atoms with Gasteiger partial charge in [0.05, 0.1) is 0 Å². The van der Waals surface area contributed by atoms with E-state index in [2.05, 4.69) is 26.3 Å². The van der Waals surface area contributed by atoms with Crippen LogP contribution in [0.5, 0.6) is 0 Å². The van der Waals surface area contributed by atoms with E-state index in [9.17, 15) is 4.79 Å². The van der Waals surface area contributed by atoms with Crippen molar-refractivity contribution in [2.45, 2.75) is 72.1 Å². The van der Waals surface area contributed by atoms with Crippen LogP contribution >= 0.6 is 0 Å². The minimum absolute atomic E-state index is 0.301. The van der Waals surface area contributed by atoms with Crippen LogP contribution in [0.4, 0.5) is 0 Å². The van der Waals surface area contributed by atoms with Gasteiger partial charge in [-0.25, -0.2) is 0 Å². The molecule has 0 unspecified atom stereocenters. The van der Waals surface area contributed by atoms with E-state index in [1.165, 1.54) is 44.9 Å². The molecule has 4 aliphatic carbocycles. The smallest absolute Gasteiger partial charge is 0.133 e. The molecule has 1 radical (unpaired) electrons. The monoisotopic (exact) mass is 299 g/mol. The van der Waals surface area contributed by atoms with Crippen molar-refractivity contribution < 1.29 is 4.79 Å². The average Bonchev–Trinajstić information content (AvgIpc) is 2.84. The van der Waals surface area contributed by atoms with Crippen molar-refractivity contribution in [1.82, 2.24) is 0 Å². The highest BCUT2D eigenvalue weighted by Crippen LogP contribution is 2.66. The van der Waals surface area contributed by atoms with E-state index in [1.54, 1.807) is 5.57 Å². The minimum Gasteiger partial charge on any atom is -0.300 e. The van der Waals surface area contributed by atoms with Gasteiger partial charge in [-0.2, -0.15) is 0 Å². The molecule has 1 heteroatoms.